The van der Waals surface area contributed by atoms with E-state index >= 15 is 4.39 Å². The van der Waals surface area contributed by atoms with E-state index in [2.05, 4.69) is 29.0 Å². The number of carbonyl (C=O) groups is 5. The van der Waals surface area contributed by atoms with Crippen molar-refractivity contribution >= 4 is 50.3 Å². The highest BCUT2D eigenvalue weighted by molar-refractivity contribution is 8.00. The van der Waals surface area contributed by atoms with Gasteiger partial charge < -0.3 is 59.9 Å². The fourth-order valence-corrected chi connectivity index (χ4v) is 8.45. The number of carbonyl (C=O) groups excluding carboxylic acids is 4. The molecule has 0 saturated heterocycles. The van der Waals surface area contributed by atoms with E-state index in [0.717, 1.165) is 41.6 Å². The molecule has 384 valence electrons. The number of nitrogens with one attached hydrogen (secondary N) is 3. The summed E-state index contributed by atoms with van der Waals surface area (Å²) in [5, 5.41) is 17.9. The fraction of sp³-hybridized carbons (Fsp3) is 0.562. The predicted octanol–water partition coefficient (Wildman–Crippen LogP) is 4.83. The maximum atomic E-state index is 15.3. The van der Waals surface area contributed by atoms with Crippen LogP contribution < -0.4 is 21.7 Å². The molecule has 1 heterocycles. The Morgan fingerprint density at radius 3 is 2.12 bits per heavy atom. The van der Waals surface area contributed by atoms with Crippen molar-refractivity contribution in [3.05, 3.63) is 83.7 Å². The van der Waals surface area contributed by atoms with Gasteiger partial charge in [-0.2, -0.15) is 0 Å². The van der Waals surface area contributed by atoms with Crippen LogP contribution in [0.5, 0.6) is 0 Å². The first-order valence-electron chi connectivity index (χ1n) is 23.3. The Kier molecular flexibility index (Phi) is 27.2. The lowest BCUT2D eigenvalue weighted by atomic mass is 9.83. The van der Waals surface area contributed by atoms with Crippen LogP contribution in [0.15, 0.2) is 60.8 Å². The summed E-state index contributed by atoms with van der Waals surface area (Å²) in [5.74, 6) is -3.85. The smallest absolute Gasteiger partial charge is 0.407 e. The van der Waals surface area contributed by atoms with E-state index < -0.39 is 55.9 Å². The summed E-state index contributed by atoms with van der Waals surface area (Å²) in [7, 11) is -0.912. The van der Waals surface area contributed by atoms with E-state index in [1.807, 2.05) is 55.7 Å². The number of hydrogen-bond acceptors (Lipinski definition) is 12. The van der Waals surface area contributed by atoms with Gasteiger partial charge in [0.05, 0.1) is 77.8 Å². The highest BCUT2D eigenvalue weighted by atomic mass is 32.2. The first kappa shape index (κ1) is 58.4. The number of aliphatic carboxylic acids is 1. The number of rotatable bonds is 34. The van der Waals surface area contributed by atoms with Crippen molar-refractivity contribution < 1.29 is 61.5 Å². The molecule has 1 aromatic heterocycles. The quantitative estimate of drug-likeness (QED) is 0.0400. The molecule has 4 amide bonds. The Morgan fingerprint density at radius 1 is 0.841 bits per heavy atom. The second-order valence-corrected chi connectivity index (χ2v) is 22.0. The normalized spacial score (nSPS) is 12.4. The van der Waals surface area contributed by atoms with E-state index in [1.165, 1.54) is 0 Å². The van der Waals surface area contributed by atoms with Crippen LogP contribution in [0, 0.1) is 17.0 Å². The molecule has 0 unspecified atom stereocenters. The van der Waals surface area contributed by atoms with Gasteiger partial charge in [-0.05, 0) is 47.7 Å². The number of carboxylic acids is 1. The Hall–Kier alpha value is -4.90. The zero-order valence-electron chi connectivity index (χ0n) is 40.6. The van der Waals surface area contributed by atoms with Crippen LogP contribution >= 0.6 is 11.8 Å². The lowest BCUT2D eigenvalue weighted by Crippen LogP contribution is -2.45. The van der Waals surface area contributed by atoms with E-state index in [4.69, 9.17) is 29.4 Å². The van der Waals surface area contributed by atoms with Gasteiger partial charge in [0.15, 0.2) is 0 Å². The number of nitrogens with zero attached hydrogens (tertiary/aromatic N) is 2. The first-order valence-corrected chi connectivity index (χ1v) is 27.5. The summed E-state index contributed by atoms with van der Waals surface area (Å²) >= 11 is 1.06. The fourth-order valence-electron chi connectivity index (χ4n) is 6.94. The number of hydrogen-bond donors (Lipinski definition) is 5. The van der Waals surface area contributed by atoms with Crippen LogP contribution in [0.3, 0.4) is 0 Å². The maximum absolute atomic E-state index is 15.3. The molecular weight excluding hydrogens is 935 g/mol. The van der Waals surface area contributed by atoms with Crippen LogP contribution in [0.1, 0.15) is 50.9 Å². The van der Waals surface area contributed by atoms with Crippen molar-refractivity contribution in [3.63, 3.8) is 0 Å². The average molecular weight is 1010 g/mol. The average Bonchev–Trinajstić information content (AvgIpc) is 3.70. The molecular formula is C48H72F2N6O11SSi. The first-order chi connectivity index (χ1) is 33.0. The van der Waals surface area contributed by atoms with Gasteiger partial charge in [-0.15, -0.1) is 11.8 Å². The molecule has 3 rings (SSSR count). The summed E-state index contributed by atoms with van der Waals surface area (Å²) in [6.45, 7) is 13.8. The van der Waals surface area contributed by atoms with Crippen LogP contribution in [0.25, 0.3) is 11.1 Å². The van der Waals surface area contributed by atoms with Gasteiger partial charge in [0.25, 0.3) is 0 Å². The zero-order valence-corrected chi connectivity index (χ0v) is 42.6. The minimum atomic E-state index is -1.30. The molecule has 2 atom stereocenters. The van der Waals surface area contributed by atoms with Crippen molar-refractivity contribution in [1.82, 2.24) is 25.4 Å². The lowest BCUT2D eigenvalue weighted by molar-refractivity contribution is -0.141. The highest BCUT2D eigenvalue weighted by Gasteiger charge is 2.37. The van der Waals surface area contributed by atoms with Gasteiger partial charge in [0.2, 0.25) is 17.7 Å². The molecule has 17 nitrogen and oxygen atoms in total. The minimum Gasteiger partial charge on any atom is -0.480 e. The van der Waals surface area contributed by atoms with Crippen molar-refractivity contribution in [2.45, 2.75) is 71.4 Å². The SMILES string of the molecule is C[SiH](C)CCOC(=O)NCCCN(C(=O)CSC[C@H](NC(=O)CCOCCOCCOCCOCCNC(=O)CN)C(=O)O)[C@@H](c1cc(-c2cc(F)ccc2F)cn1Cc1ccccc1)C(C)(C)C. The van der Waals surface area contributed by atoms with Crippen LogP contribution in [0.4, 0.5) is 13.6 Å². The summed E-state index contributed by atoms with van der Waals surface area (Å²) in [6.07, 6.45) is 1.45. The highest BCUT2D eigenvalue weighted by Crippen LogP contribution is 2.41. The number of ether oxygens (including phenoxy) is 5. The van der Waals surface area contributed by atoms with E-state index in [1.54, 1.807) is 17.2 Å². The summed E-state index contributed by atoms with van der Waals surface area (Å²) in [5.41, 5.74) is 6.67. The number of aromatic nitrogens is 1. The molecule has 69 heavy (non-hydrogen) atoms. The monoisotopic (exact) mass is 1010 g/mol. The van der Waals surface area contributed by atoms with Gasteiger partial charge in [0, 0.05) is 70.2 Å². The van der Waals surface area contributed by atoms with E-state index in [-0.39, 0.29) is 74.8 Å². The number of halogens is 2. The molecule has 0 spiro atoms. The molecule has 0 saturated carbocycles. The number of amides is 4. The van der Waals surface area contributed by atoms with Crippen molar-refractivity contribution in [3.8, 4) is 11.1 Å². The Labute approximate surface area is 410 Å². The van der Waals surface area contributed by atoms with Gasteiger partial charge in [-0.1, -0.05) is 64.2 Å². The largest absolute Gasteiger partial charge is 0.480 e. The third kappa shape index (κ3) is 23.0. The summed E-state index contributed by atoms with van der Waals surface area (Å²) < 4.78 is 58.8. The molecule has 21 heteroatoms. The maximum Gasteiger partial charge on any atom is 0.407 e. The Bertz CT molecular complexity index is 2030. The Morgan fingerprint density at radius 2 is 1.49 bits per heavy atom. The molecule has 0 bridgehead atoms. The number of alkyl carbamates (subject to hydrolysis) is 1. The summed E-state index contributed by atoms with van der Waals surface area (Å²) in [4.78, 5) is 64.8. The molecule has 6 N–H and O–H groups in total. The van der Waals surface area contributed by atoms with Crippen LogP contribution in [-0.2, 0) is 49.4 Å². The number of carboxylic acid groups (broad SMARTS) is 1. The minimum absolute atomic E-state index is 0.0293. The van der Waals surface area contributed by atoms with Crippen LogP contribution in [0.2, 0.25) is 19.1 Å². The number of thioether (sulfide) groups is 1. The third-order valence-electron chi connectivity index (χ3n) is 10.4. The molecule has 0 radical (unpaired) electrons. The lowest BCUT2D eigenvalue weighted by Gasteiger charge is -2.41. The molecule has 2 aromatic carbocycles. The third-order valence-corrected chi connectivity index (χ3v) is 12.8. The summed E-state index contributed by atoms with van der Waals surface area (Å²) in [6, 6.07) is 13.6. The van der Waals surface area contributed by atoms with Gasteiger partial charge >= 0.3 is 12.1 Å². The molecule has 0 aliphatic rings. The topological polar surface area (TPSA) is 222 Å². The van der Waals surface area contributed by atoms with Gasteiger partial charge in [-0.25, -0.2) is 18.4 Å². The van der Waals surface area contributed by atoms with Crippen LogP contribution in [-0.4, -0.2) is 156 Å². The second kappa shape index (κ2) is 32.1. The van der Waals surface area contributed by atoms with Crippen molar-refractivity contribution in [1.29, 1.82) is 0 Å². The molecule has 0 aliphatic heterocycles. The van der Waals surface area contributed by atoms with Crippen molar-refractivity contribution in [2.75, 3.05) is 97.1 Å². The van der Waals surface area contributed by atoms with E-state index in [9.17, 15) is 33.5 Å². The Balaban J connectivity index is 1.64. The predicted molar refractivity (Wildman–Crippen MR) is 264 cm³/mol. The standard InChI is InChI=1S/C48H72F2N6O11SSi/c1-48(2,3)45(41-28-36(38-29-37(49)12-13-39(38)50)32-55(41)31-35-10-7-6-8-11-35)56(17-9-15-53-47(62)67-26-27-69(4)5)44(59)34-68-33-40(46(60)61)54-42(57)14-18-63-20-22-65-24-25-66-23-21-64-19-16-52-43(58)30-51/h6-8,10-13,28-29,32,40,45,69H,9,14-27,30-31,33-34,51H2,1-5H3,(H,52,58)(H,53,62)(H,54,57)(H,60,61)/t40-,45-/m0/s1. The van der Waals surface area contributed by atoms with Gasteiger partial charge in [0.1, 0.15) is 17.7 Å². The number of nitrogens with two attached hydrogens (primary N) is 1. The number of benzene rings is 2. The molecule has 0 fully saturated rings. The van der Waals surface area contributed by atoms with Gasteiger partial charge in [-0.3, -0.25) is 14.4 Å². The van der Waals surface area contributed by atoms with E-state index in [0.29, 0.717) is 70.4 Å². The molecule has 0 aliphatic carbocycles. The molecule has 3 aromatic rings. The van der Waals surface area contributed by atoms with Crippen molar-refractivity contribution in [2.24, 2.45) is 11.1 Å². The zero-order chi connectivity index (χ0) is 50.6. The second-order valence-electron chi connectivity index (χ2n) is 17.6.